The van der Waals surface area contributed by atoms with E-state index in [-0.39, 0.29) is 11.4 Å². The smallest absolute Gasteiger partial charge is 0.324 e. The third kappa shape index (κ3) is 8.95. The fourth-order valence-electron chi connectivity index (χ4n) is 4.49. The number of carbonyl (C=O) groups is 3. The number of carbonyl (C=O) groups excluding carboxylic acids is 3. The average molecular weight is 653 g/mol. The molecule has 11 heteroatoms. The van der Waals surface area contributed by atoms with Gasteiger partial charge in [0.25, 0.3) is 11.8 Å². The maximum atomic E-state index is 13.6. The molecule has 1 unspecified atom stereocenters. The molecule has 0 aliphatic carbocycles. The van der Waals surface area contributed by atoms with E-state index in [2.05, 4.69) is 20.9 Å². The Balaban J connectivity index is 1.38. The van der Waals surface area contributed by atoms with Gasteiger partial charge in [-0.2, -0.15) is 13.2 Å². The number of benzene rings is 4. The molecule has 0 aliphatic heterocycles. The average Bonchev–Trinajstić information content (AvgIpc) is 3.08. The fourth-order valence-corrected chi connectivity index (χ4v) is 5.57. The predicted octanol–water partition coefficient (Wildman–Crippen LogP) is 7.98. The lowest BCUT2D eigenvalue weighted by molar-refractivity contribution is -0.137. The van der Waals surface area contributed by atoms with Gasteiger partial charge < -0.3 is 16.0 Å². The number of halogens is 3. The summed E-state index contributed by atoms with van der Waals surface area (Å²) in [5.74, 6) is -1.75. The van der Waals surface area contributed by atoms with Gasteiger partial charge in [-0.25, -0.2) is 0 Å². The van der Waals surface area contributed by atoms with Crippen LogP contribution in [0.25, 0.3) is 6.08 Å². The van der Waals surface area contributed by atoms with E-state index in [9.17, 15) is 27.6 Å². The topological polar surface area (TPSA) is 100 Å². The van der Waals surface area contributed by atoms with Crippen LogP contribution in [0, 0.1) is 0 Å². The highest BCUT2D eigenvalue weighted by Gasteiger charge is 2.34. The molecular formula is C36H27F3N4O3S. The first-order valence-corrected chi connectivity index (χ1v) is 15.1. The van der Waals surface area contributed by atoms with Crippen molar-refractivity contribution in [2.75, 3.05) is 10.6 Å². The van der Waals surface area contributed by atoms with E-state index in [4.69, 9.17) is 0 Å². The van der Waals surface area contributed by atoms with Crippen molar-refractivity contribution in [1.82, 2.24) is 10.3 Å². The van der Waals surface area contributed by atoms with Gasteiger partial charge in [0.2, 0.25) is 5.91 Å². The van der Waals surface area contributed by atoms with Gasteiger partial charge in [-0.1, -0.05) is 72.8 Å². The summed E-state index contributed by atoms with van der Waals surface area (Å²) in [4.78, 5) is 44.6. The Hall–Kier alpha value is -5.68. The van der Waals surface area contributed by atoms with Gasteiger partial charge in [0, 0.05) is 28.5 Å². The first kappa shape index (κ1) is 32.7. The number of hydrogen-bond acceptors (Lipinski definition) is 5. The molecule has 3 N–H and O–H groups in total. The zero-order valence-electron chi connectivity index (χ0n) is 24.6. The molecule has 4 aromatic carbocycles. The zero-order valence-corrected chi connectivity index (χ0v) is 25.4. The number of alkyl halides is 3. The number of aromatic nitrogens is 1. The Bertz CT molecular complexity index is 1890. The number of nitrogens with one attached hydrogen (secondary N) is 3. The molecule has 236 valence electrons. The molecule has 0 saturated carbocycles. The summed E-state index contributed by atoms with van der Waals surface area (Å²) in [6, 6.07) is 32.0. The van der Waals surface area contributed by atoms with Crippen LogP contribution in [0.2, 0.25) is 0 Å². The lowest BCUT2D eigenvalue weighted by Gasteiger charge is -2.19. The molecule has 0 aliphatic rings. The van der Waals surface area contributed by atoms with E-state index < -0.39 is 34.7 Å². The van der Waals surface area contributed by atoms with Crippen LogP contribution in [0.1, 0.15) is 32.3 Å². The molecule has 0 bridgehead atoms. The number of para-hydroxylation sites is 1. The summed E-state index contributed by atoms with van der Waals surface area (Å²) in [5, 5.41) is 6.97. The molecule has 0 fully saturated rings. The monoisotopic (exact) mass is 652 g/mol. The summed E-state index contributed by atoms with van der Waals surface area (Å²) >= 11 is 1.11. The molecule has 3 amide bonds. The van der Waals surface area contributed by atoms with Gasteiger partial charge in [-0.15, -0.1) is 11.8 Å². The van der Waals surface area contributed by atoms with Gasteiger partial charge >= 0.3 is 6.18 Å². The summed E-state index contributed by atoms with van der Waals surface area (Å²) in [7, 11) is 0. The van der Waals surface area contributed by atoms with E-state index in [0.717, 1.165) is 17.8 Å². The highest BCUT2D eigenvalue weighted by molar-refractivity contribution is 8.00. The van der Waals surface area contributed by atoms with Gasteiger partial charge in [-0.3, -0.25) is 19.4 Å². The van der Waals surface area contributed by atoms with Crippen molar-refractivity contribution in [1.29, 1.82) is 0 Å². The normalized spacial score (nSPS) is 12.1. The maximum absolute atomic E-state index is 13.6. The van der Waals surface area contributed by atoms with Gasteiger partial charge in [0.15, 0.2) is 0 Å². The number of amides is 3. The van der Waals surface area contributed by atoms with Crippen LogP contribution >= 0.6 is 11.8 Å². The third-order valence-corrected chi connectivity index (χ3v) is 7.95. The van der Waals surface area contributed by atoms with Crippen LogP contribution in [-0.4, -0.2) is 22.7 Å². The highest BCUT2D eigenvalue weighted by atomic mass is 32.2. The standard InChI is InChI=1S/C36H27F3N4O3S/c37-36(38,39)29-18-7-8-19-30(29)42-35(46)32(25-12-3-1-4-13-25)47-28-17-9-16-27(22-28)41-34(45)31(21-24-11-10-20-40-23-24)43-33(44)26-14-5-2-6-15-26/h1-23,32H,(H,41,45)(H,42,46)(H,43,44)/b31-21-. The van der Waals surface area contributed by atoms with Crippen LogP contribution in [0.5, 0.6) is 0 Å². The first-order valence-electron chi connectivity index (χ1n) is 14.3. The first-order chi connectivity index (χ1) is 22.7. The summed E-state index contributed by atoms with van der Waals surface area (Å²) < 4.78 is 40.9. The molecule has 47 heavy (non-hydrogen) atoms. The van der Waals surface area contributed by atoms with Gasteiger partial charge in [0.1, 0.15) is 10.9 Å². The second kappa shape index (κ2) is 15.1. The van der Waals surface area contributed by atoms with Crippen molar-refractivity contribution >= 4 is 46.9 Å². The number of pyridine rings is 1. The predicted molar refractivity (Wildman–Crippen MR) is 176 cm³/mol. The largest absolute Gasteiger partial charge is 0.418 e. The summed E-state index contributed by atoms with van der Waals surface area (Å²) in [5.41, 5.74) is 0.537. The van der Waals surface area contributed by atoms with Crippen LogP contribution in [0.3, 0.4) is 0 Å². The molecule has 1 atom stereocenters. The number of hydrogen-bond donors (Lipinski definition) is 3. The number of rotatable bonds is 10. The minimum Gasteiger partial charge on any atom is -0.324 e. The fraction of sp³-hybridized carbons (Fsp3) is 0.0556. The molecule has 1 heterocycles. The molecule has 7 nitrogen and oxygen atoms in total. The van der Waals surface area contributed by atoms with Crippen LogP contribution in [0.4, 0.5) is 24.5 Å². The molecule has 1 aromatic heterocycles. The van der Waals surface area contributed by atoms with Crippen molar-refractivity contribution in [3.8, 4) is 0 Å². The molecule has 0 saturated heterocycles. The summed E-state index contributed by atoms with van der Waals surface area (Å²) in [6.45, 7) is 0. The Labute approximate surface area is 272 Å². The lowest BCUT2D eigenvalue weighted by atomic mass is 10.1. The van der Waals surface area contributed by atoms with Crippen LogP contribution in [0.15, 0.2) is 144 Å². The van der Waals surface area contributed by atoms with E-state index in [1.807, 2.05) is 0 Å². The van der Waals surface area contributed by atoms with Crippen LogP contribution < -0.4 is 16.0 Å². The minimum atomic E-state index is -4.66. The quantitative estimate of drug-likeness (QED) is 0.105. The van der Waals surface area contributed by atoms with Gasteiger partial charge in [0.05, 0.1) is 11.3 Å². The second-order valence-corrected chi connectivity index (χ2v) is 11.3. The molecule has 5 aromatic rings. The van der Waals surface area contributed by atoms with Gasteiger partial charge in [-0.05, 0) is 65.7 Å². The SMILES string of the molecule is O=C(Nc1cccc(SC(C(=O)Nc2ccccc2C(F)(F)F)c2ccccc2)c1)/C(=C/c1cccnc1)NC(=O)c1ccccc1. The lowest BCUT2D eigenvalue weighted by Crippen LogP contribution is -2.30. The minimum absolute atomic E-state index is 0.0326. The number of nitrogens with zero attached hydrogens (tertiary/aromatic N) is 1. The second-order valence-electron chi connectivity index (χ2n) is 10.1. The maximum Gasteiger partial charge on any atom is 0.418 e. The Morgan fingerprint density at radius 1 is 0.766 bits per heavy atom. The molecular weight excluding hydrogens is 625 g/mol. The highest BCUT2D eigenvalue weighted by Crippen LogP contribution is 2.39. The Morgan fingerprint density at radius 2 is 1.47 bits per heavy atom. The van der Waals surface area contributed by atoms with E-state index in [1.54, 1.807) is 109 Å². The Kier molecular flexibility index (Phi) is 10.5. The van der Waals surface area contributed by atoms with E-state index >= 15 is 0 Å². The van der Waals surface area contributed by atoms with E-state index in [1.165, 1.54) is 24.3 Å². The van der Waals surface area contributed by atoms with E-state index in [0.29, 0.717) is 27.3 Å². The molecule has 0 radical (unpaired) electrons. The van der Waals surface area contributed by atoms with Crippen LogP contribution in [-0.2, 0) is 15.8 Å². The molecule has 5 rings (SSSR count). The van der Waals surface area contributed by atoms with Crippen molar-refractivity contribution in [3.63, 3.8) is 0 Å². The zero-order chi connectivity index (χ0) is 33.2. The Morgan fingerprint density at radius 3 is 2.17 bits per heavy atom. The van der Waals surface area contributed by atoms with Crippen molar-refractivity contribution in [2.24, 2.45) is 0 Å². The molecule has 0 spiro atoms. The van der Waals surface area contributed by atoms with Crippen molar-refractivity contribution in [3.05, 3.63) is 162 Å². The number of anilines is 2. The third-order valence-electron chi connectivity index (χ3n) is 6.70. The van der Waals surface area contributed by atoms with Crippen molar-refractivity contribution < 1.29 is 27.6 Å². The number of thioether (sulfide) groups is 1. The van der Waals surface area contributed by atoms with Crippen molar-refractivity contribution in [2.45, 2.75) is 16.3 Å². The summed E-state index contributed by atoms with van der Waals surface area (Å²) in [6.07, 6.45) is -0.0328.